The average molecular weight is 441 g/mol. The number of benzene rings is 2. The quantitative estimate of drug-likeness (QED) is 0.569. The van der Waals surface area contributed by atoms with Gasteiger partial charge in [-0.1, -0.05) is 35.9 Å². The molecule has 2 aromatic carbocycles. The minimum absolute atomic E-state index is 0.0805. The van der Waals surface area contributed by atoms with Crippen molar-refractivity contribution in [3.05, 3.63) is 86.7 Å². The van der Waals surface area contributed by atoms with E-state index in [0.29, 0.717) is 17.7 Å². The number of H-pyrrole nitrogens is 1. The normalized spacial score (nSPS) is 29.1. The van der Waals surface area contributed by atoms with Crippen molar-refractivity contribution in [1.29, 1.82) is 0 Å². The SMILES string of the molecule is O=c1[nH]c2c(n1Cc1ccc(F)cc1)S[C@@H]1[C@H]3CC[C@@H](C3)[C@@H]1[C@H]2c1ccc(Cl)cc1. The highest BCUT2D eigenvalue weighted by molar-refractivity contribution is 8.00. The summed E-state index contributed by atoms with van der Waals surface area (Å²) in [5, 5.41) is 2.33. The lowest BCUT2D eigenvalue weighted by Crippen LogP contribution is -2.34. The van der Waals surface area contributed by atoms with Gasteiger partial charge in [0.15, 0.2) is 0 Å². The van der Waals surface area contributed by atoms with Crippen molar-refractivity contribution in [3.63, 3.8) is 0 Å². The Hall–Kier alpha value is -1.98. The number of aromatic amines is 1. The Bertz CT molecular complexity index is 1150. The molecule has 0 unspecified atom stereocenters. The second-order valence-electron chi connectivity index (χ2n) is 8.88. The van der Waals surface area contributed by atoms with Crippen LogP contribution in [0.1, 0.15) is 42.0 Å². The Kier molecular flexibility index (Phi) is 4.40. The first-order valence-corrected chi connectivity index (χ1v) is 11.8. The topological polar surface area (TPSA) is 37.8 Å². The number of thioether (sulfide) groups is 1. The van der Waals surface area contributed by atoms with Gasteiger partial charge in [0.05, 0.1) is 17.3 Å². The zero-order valence-corrected chi connectivity index (χ0v) is 17.9. The van der Waals surface area contributed by atoms with E-state index in [0.717, 1.165) is 33.1 Å². The van der Waals surface area contributed by atoms with Crippen molar-refractivity contribution >= 4 is 23.4 Å². The molecule has 3 aromatic rings. The first-order valence-electron chi connectivity index (χ1n) is 10.6. The number of aromatic nitrogens is 2. The molecule has 2 heterocycles. The molecule has 0 amide bonds. The number of hydrogen-bond donors (Lipinski definition) is 1. The lowest BCUT2D eigenvalue weighted by molar-refractivity contribution is 0.301. The summed E-state index contributed by atoms with van der Waals surface area (Å²) in [5.74, 6) is 1.95. The van der Waals surface area contributed by atoms with Gasteiger partial charge in [-0.3, -0.25) is 4.57 Å². The predicted molar refractivity (Wildman–Crippen MR) is 118 cm³/mol. The van der Waals surface area contributed by atoms with Gasteiger partial charge >= 0.3 is 5.69 Å². The van der Waals surface area contributed by atoms with Crippen molar-refractivity contribution < 1.29 is 4.39 Å². The van der Waals surface area contributed by atoms with Crippen LogP contribution in [0.15, 0.2) is 58.4 Å². The van der Waals surface area contributed by atoms with Gasteiger partial charge in [0, 0.05) is 16.2 Å². The summed E-state index contributed by atoms with van der Waals surface area (Å²) >= 11 is 8.06. The van der Waals surface area contributed by atoms with Gasteiger partial charge in [0.2, 0.25) is 0 Å². The fourth-order valence-electron chi connectivity index (χ4n) is 6.03. The Morgan fingerprint density at radius 3 is 2.57 bits per heavy atom. The van der Waals surface area contributed by atoms with Gasteiger partial charge in [-0.05, 0) is 72.4 Å². The minimum atomic E-state index is -0.260. The van der Waals surface area contributed by atoms with E-state index in [1.165, 1.54) is 37.0 Å². The van der Waals surface area contributed by atoms with E-state index in [9.17, 15) is 9.18 Å². The molecule has 2 fully saturated rings. The fourth-order valence-corrected chi connectivity index (χ4v) is 7.97. The van der Waals surface area contributed by atoms with Gasteiger partial charge in [-0.15, -0.1) is 11.8 Å². The maximum absolute atomic E-state index is 13.3. The van der Waals surface area contributed by atoms with Crippen LogP contribution in [0, 0.1) is 23.6 Å². The molecular formula is C24H22ClFN2OS. The molecule has 0 spiro atoms. The molecule has 6 heteroatoms. The van der Waals surface area contributed by atoms with E-state index in [1.54, 1.807) is 12.1 Å². The summed E-state index contributed by atoms with van der Waals surface area (Å²) < 4.78 is 15.2. The molecule has 1 N–H and O–H groups in total. The zero-order valence-electron chi connectivity index (χ0n) is 16.4. The first-order chi connectivity index (χ1) is 14.6. The number of hydrogen-bond acceptors (Lipinski definition) is 2. The molecule has 3 nitrogen and oxygen atoms in total. The maximum Gasteiger partial charge on any atom is 0.326 e. The molecule has 1 aliphatic heterocycles. The van der Waals surface area contributed by atoms with E-state index in [1.807, 2.05) is 28.5 Å². The van der Waals surface area contributed by atoms with E-state index in [-0.39, 0.29) is 17.4 Å². The van der Waals surface area contributed by atoms with Crippen LogP contribution < -0.4 is 5.69 Å². The molecule has 2 saturated carbocycles. The van der Waals surface area contributed by atoms with E-state index >= 15 is 0 Å². The third kappa shape index (κ3) is 2.89. The molecular weight excluding hydrogens is 419 g/mol. The number of imidazole rings is 1. The van der Waals surface area contributed by atoms with E-state index in [2.05, 4.69) is 17.1 Å². The molecule has 0 saturated heterocycles. The zero-order chi connectivity index (χ0) is 20.4. The van der Waals surface area contributed by atoms with Crippen molar-refractivity contribution in [2.75, 3.05) is 0 Å². The largest absolute Gasteiger partial charge is 0.326 e. The highest BCUT2D eigenvalue weighted by atomic mass is 35.5. The lowest BCUT2D eigenvalue weighted by atomic mass is 9.74. The Labute approximate surface area is 183 Å². The summed E-state index contributed by atoms with van der Waals surface area (Å²) in [5.41, 5.74) is 3.13. The van der Waals surface area contributed by atoms with Gasteiger partial charge in [-0.2, -0.15) is 0 Å². The monoisotopic (exact) mass is 440 g/mol. The fraction of sp³-hybridized carbons (Fsp3) is 0.375. The smallest absolute Gasteiger partial charge is 0.308 e. The lowest BCUT2D eigenvalue weighted by Gasteiger charge is -2.40. The number of nitrogens with zero attached hydrogens (tertiary/aromatic N) is 1. The highest BCUT2D eigenvalue weighted by Gasteiger charge is 2.55. The van der Waals surface area contributed by atoms with Gasteiger partial charge in [0.25, 0.3) is 0 Å². The molecule has 6 rings (SSSR count). The summed E-state index contributed by atoms with van der Waals surface area (Å²) in [6.45, 7) is 0.455. The van der Waals surface area contributed by atoms with Crippen LogP contribution >= 0.6 is 23.4 Å². The van der Waals surface area contributed by atoms with Crippen LogP contribution in [0.2, 0.25) is 5.02 Å². The summed E-state index contributed by atoms with van der Waals surface area (Å²) in [4.78, 5) is 16.2. The Morgan fingerprint density at radius 1 is 1.07 bits per heavy atom. The molecule has 2 aliphatic carbocycles. The third-order valence-corrected chi connectivity index (χ3v) is 9.18. The molecule has 1 aromatic heterocycles. The Balaban J connectivity index is 1.47. The number of nitrogens with one attached hydrogen (secondary N) is 1. The van der Waals surface area contributed by atoms with Crippen LogP contribution in [-0.4, -0.2) is 14.8 Å². The highest BCUT2D eigenvalue weighted by Crippen LogP contribution is 2.63. The van der Waals surface area contributed by atoms with Crippen LogP contribution in [0.25, 0.3) is 0 Å². The van der Waals surface area contributed by atoms with Crippen molar-refractivity contribution in [3.8, 4) is 0 Å². The van der Waals surface area contributed by atoms with Gasteiger partial charge < -0.3 is 4.98 Å². The van der Waals surface area contributed by atoms with Crippen LogP contribution in [0.3, 0.4) is 0 Å². The first kappa shape index (κ1) is 18.8. The maximum atomic E-state index is 13.3. The standard InChI is InChI=1S/C24H22ClFN2OS/c25-17-7-5-14(6-8-17)19-20-15-3-4-16(11-15)22(20)30-23-21(19)27-24(29)28(23)12-13-1-9-18(26)10-2-13/h1-2,5-10,15-16,19-20,22H,3-4,11-12H2,(H,27,29)/t15-,16-,19+,20+,22+/m0/s1. The van der Waals surface area contributed by atoms with Gasteiger partial charge in [0.1, 0.15) is 5.82 Å². The van der Waals surface area contributed by atoms with E-state index < -0.39 is 0 Å². The summed E-state index contributed by atoms with van der Waals surface area (Å²) in [7, 11) is 0. The second kappa shape index (κ2) is 7.03. The van der Waals surface area contributed by atoms with Crippen LogP contribution in [-0.2, 0) is 6.54 Å². The summed E-state index contributed by atoms with van der Waals surface area (Å²) in [6, 6.07) is 14.6. The van der Waals surface area contributed by atoms with Crippen molar-refractivity contribution in [1.82, 2.24) is 9.55 Å². The van der Waals surface area contributed by atoms with Crippen LogP contribution in [0.4, 0.5) is 4.39 Å². The van der Waals surface area contributed by atoms with E-state index in [4.69, 9.17) is 11.6 Å². The van der Waals surface area contributed by atoms with Crippen LogP contribution in [0.5, 0.6) is 0 Å². The molecule has 5 atom stereocenters. The predicted octanol–water partition coefficient (Wildman–Crippen LogP) is 5.67. The number of rotatable bonds is 3. The number of halogens is 2. The van der Waals surface area contributed by atoms with Crippen molar-refractivity contribution in [2.45, 2.75) is 42.0 Å². The average Bonchev–Trinajstić information content (AvgIpc) is 3.43. The second-order valence-corrected chi connectivity index (χ2v) is 10.5. The Morgan fingerprint density at radius 2 is 1.80 bits per heavy atom. The molecule has 3 aliphatic rings. The molecule has 0 radical (unpaired) electrons. The molecule has 154 valence electrons. The molecule has 30 heavy (non-hydrogen) atoms. The molecule has 2 bridgehead atoms. The minimum Gasteiger partial charge on any atom is -0.308 e. The summed E-state index contributed by atoms with van der Waals surface area (Å²) in [6.07, 6.45) is 3.90. The number of fused-ring (bicyclic) bond motifs is 6. The van der Waals surface area contributed by atoms with Crippen molar-refractivity contribution in [2.24, 2.45) is 17.8 Å². The van der Waals surface area contributed by atoms with Gasteiger partial charge in [-0.25, -0.2) is 9.18 Å². The third-order valence-electron chi connectivity index (χ3n) is 7.29.